The highest BCUT2D eigenvalue weighted by molar-refractivity contribution is 5.95. The number of carbonyl (C=O) groups excluding carboxylic acids is 1. The fourth-order valence-electron chi connectivity index (χ4n) is 2.39. The van der Waals surface area contributed by atoms with Crippen molar-refractivity contribution in [3.05, 3.63) is 47.5 Å². The van der Waals surface area contributed by atoms with E-state index in [1.165, 1.54) is 31.4 Å². The van der Waals surface area contributed by atoms with Crippen molar-refractivity contribution in [1.29, 1.82) is 5.26 Å². The number of methoxy groups -OCH3 is 1. The van der Waals surface area contributed by atoms with Gasteiger partial charge in [-0.3, -0.25) is 4.79 Å². The Morgan fingerprint density at radius 3 is 2.46 bits per heavy atom. The molecule has 1 N–H and O–H groups in total. The highest BCUT2D eigenvalue weighted by Crippen LogP contribution is 2.35. The van der Waals surface area contributed by atoms with Gasteiger partial charge in [-0.25, -0.2) is 0 Å². The molecular weight excluding hydrogens is 375 g/mol. The Bertz CT molecular complexity index is 906. The number of anilines is 2. The Kier molecular flexibility index (Phi) is 6.36. The number of hydrogen-bond donors (Lipinski definition) is 1. The maximum Gasteiger partial charge on any atom is 0.416 e. The molecule has 2 aromatic rings. The number of hydrogen-bond acceptors (Lipinski definition) is 5. The van der Waals surface area contributed by atoms with Gasteiger partial charge in [0, 0.05) is 20.2 Å². The topological polar surface area (TPSA) is 74.6 Å². The Labute approximate surface area is 160 Å². The molecule has 28 heavy (non-hydrogen) atoms. The van der Waals surface area contributed by atoms with Gasteiger partial charge in [0.05, 0.1) is 35.7 Å². The molecule has 0 aromatic heterocycles. The number of benzene rings is 2. The van der Waals surface area contributed by atoms with Crippen LogP contribution < -0.4 is 19.7 Å². The fourth-order valence-corrected chi connectivity index (χ4v) is 2.39. The normalized spacial score (nSPS) is 10.8. The van der Waals surface area contributed by atoms with E-state index >= 15 is 0 Å². The first-order valence-electron chi connectivity index (χ1n) is 8.05. The maximum atomic E-state index is 13.0. The minimum absolute atomic E-state index is 0.0141. The number of amides is 1. The van der Waals surface area contributed by atoms with Gasteiger partial charge in [-0.15, -0.1) is 0 Å². The van der Waals surface area contributed by atoms with Gasteiger partial charge >= 0.3 is 6.18 Å². The summed E-state index contributed by atoms with van der Waals surface area (Å²) >= 11 is 0. The zero-order valence-corrected chi connectivity index (χ0v) is 15.4. The van der Waals surface area contributed by atoms with Crippen LogP contribution in [0.4, 0.5) is 24.5 Å². The summed E-state index contributed by atoms with van der Waals surface area (Å²) in [5.41, 5.74) is -0.0890. The minimum atomic E-state index is -4.53. The summed E-state index contributed by atoms with van der Waals surface area (Å²) in [7, 11) is 4.68. The van der Waals surface area contributed by atoms with E-state index in [0.29, 0.717) is 11.3 Å². The first kappa shape index (κ1) is 20.9. The molecule has 0 spiro atoms. The van der Waals surface area contributed by atoms with E-state index in [2.05, 4.69) is 5.32 Å². The number of nitrogens with zero attached hydrogens (tertiary/aromatic N) is 2. The summed E-state index contributed by atoms with van der Waals surface area (Å²) in [5.74, 6) is -0.151. The third-order valence-electron chi connectivity index (χ3n) is 3.73. The van der Waals surface area contributed by atoms with Crippen LogP contribution in [0, 0.1) is 11.3 Å². The van der Waals surface area contributed by atoms with Gasteiger partial charge in [-0.05, 0) is 30.3 Å². The molecule has 0 saturated heterocycles. The molecule has 6 nitrogen and oxygen atoms in total. The zero-order valence-electron chi connectivity index (χ0n) is 15.4. The Hall–Kier alpha value is -3.41. The number of rotatable bonds is 6. The largest absolute Gasteiger partial charge is 0.493 e. The van der Waals surface area contributed by atoms with Crippen LogP contribution in [0.25, 0.3) is 0 Å². The molecule has 1 amide bonds. The van der Waals surface area contributed by atoms with Crippen LogP contribution in [-0.2, 0) is 11.0 Å². The van der Waals surface area contributed by atoms with Crippen molar-refractivity contribution >= 4 is 17.3 Å². The molecule has 0 radical (unpaired) electrons. The van der Waals surface area contributed by atoms with Crippen molar-refractivity contribution < 1.29 is 27.4 Å². The Morgan fingerprint density at radius 2 is 1.89 bits per heavy atom. The summed E-state index contributed by atoms with van der Waals surface area (Å²) in [6.07, 6.45) is -4.53. The van der Waals surface area contributed by atoms with Gasteiger partial charge in [-0.2, -0.15) is 18.4 Å². The van der Waals surface area contributed by atoms with Crippen LogP contribution in [-0.4, -0.2) is 33.7 Å². The van der Waals surface area contributed by atoms with E-state index < -0.39 is 24.3 Å². The quantitative estimate of drug-likeness (QED) is 0.811. The van der Waals surface area contributed by atoms with Crippen LogP contribution >= 0.6 is 0 Å². The van der Waals surface area contributed by atoms with Gasteiger partial charge in [0.25, 0.3) is 5.91 Å². The SMILES string of the molecule is COc1cc(C#N)ccc1OCC(=O)Nc1cc(C(F)(F)F)ccc1N(C)C. The molecule has 0 heterocycles. The van der Waals surface area contributed by atoms with Crippen LogP contribution in [0.3, 0.4) is 0 Å². The number of carbonyl (C=O) groups is 1. The third-order valence-corrected chi connectivity index (χ3v) is 3.73. The average Bonchev–Trinajstić information content (AvgIpc) is 2.65. The van der Waals surface area contributed by atoms with Crippen LogP contribution in [0.1, 0.15) is 11.1 Å². The predicted octanol–water partition coefficient (Wildman–Crippen LogP) is 3.67. The number of alkyl halides is 3. The summed E-state index contributed by atoms with van der Waals surface area (Å²) in [5, 5.41) is 11.3. The minimum Gasteiger partial charge on any atom is -0.493 e. The molecule has 0 atom stereocenters. The molecule has 0 bridgehead atoms. The van der Waals surface area contributed by atoms with Crippen LogP contribution in [0.2, 0.25) is 0 Å². The van der Waals surface area contributed by atoms with E-state index in [0.717, 1.165) is 12.1 Å². The second kappa shape index (κ2) is 8.52. The highest BCUT2D eigenvalue weighted by Gasteiger charge is 2.31. The van der Waals surface area contributed by atoms with Crippen molar-refractivity contribution in [2.45, 2.75) is 6.18 Å². The molecule has 0 aliphatic carbocycles. The second-order valence-electron chi connectivity index (χ2n) is 5.94. The molecule has 0 unspecified atom stereocenters. The molecule has 2 rings (SSSR count). The van der Waals surface area contributed by atoms with Gasteiger partial charge in [0.2, 0.25) is 0 Å². The van der Waals surface area contributed by atoms with Crippen molar-refractivity contribution in [3.8, 4) is 17.6 Å². The average molecular weight is 393 g/mol. The van der Waals surface area contributed by atoms with Gasteiger partial charge in [0.1, 0.15) is 0 Å². The van der Waals surface area contributed by atoms with Gasteiger partial charge < -0.3 is 19.7 Å². The first-order chi connectivity index (χ1) is 13.2. The van der Waals surface area contributed by atoms with Gasteiger partial charge in [-0.1, -0.05) is 0 Å². The summed E-state index contributed by atoms with van der Waals surface area (Å²) in [4.78, 5) is 13.8. The van der Waals surface area contributed by atoms with Crippen molar-refractivity contribution in [2.24, 2.45) is 0 Å². The molecule has 148 valence electrons. The van der Waals surface area contributed by atoms with Crippen LogP contribution in [0.15, 0.2) is 36.4 Å². The fraction of sp³-hybridized carbons (Fsp3) is 0.263. The Morgan fingerprint density at radius 1 is 1.18 bits per heavy atom. The Balaban J connectivity index is 2.16. The smallest absolute Gasteiger partial charge is 0.416 e. The van der Waals surface area contributed by atoms with Crippen molar-refractivity contribution in [2.75, 3.05) is 38.0 Å². The maximum absolute atomic E-state index is 13.0. The van der Waals surface area contributed by atoms with E-state index in [-0.39, 0.29) is 17.2 Å². The first-order valence-corrected chi connectivity index (χ1v) is 8.05. The monoisotopic (exact) mass is 393 g/mol. The predicted molar refractivity (Wildman–Crippen MR) is 97.6 cm³/mol. The van der Waals surface area contributed by atoms with Crippen molar-refractivity contribution in [1.82, 2.24) is 0 Å². The number of halogens is 3. The molecule has 0 aliphatic heterocycles. The van der Waals surface area contributed by atoms with E-state index in [1.54, 1.807) is 19.0 Å². The molecule has 2 aromatic carbocycles. The standard InChI is InChI=1S/C19H18F3N3O3/c1-25(2)15-6-5-13(19(20,21)22)9-14(15)24-18(26)11-28-16-7-4-12(10-23)8-17(16)27-3/h4-9H,11H2,1-3H3,(H,24,26). The number of nitrogens with one attached hydrogen (secondary N) is 1. The zero-order chi connectivity index (χ0) is 20.9. The number of ether oxygens (including phenoxy) is 2. The van der Waals surface area contributed by atoms with E-state index in [9.17, 15) is 18.0 Å². The highest BCUT2D eigenvalue weighted by atomic mass is 19.4. The summed E-state index contributed by atoms with van der Waals surface area (Å²) < 4.78 is 49.4. The lowest BCUT2D eigenvalue weighted by Crippen LogP contribution is -2.22. The molecule has 9 heteroatoms. The third kappa shape index (κ3) is 5.07. The van der Waals surface area contributed by atoms with E-state index in [1.807, 2.05) is 6.07 Å². The molecule has 0 fully saturated rings. The summed E-state index contributed by atoms with van der Waals surface area (Å²) in [6, 6.07) is 9.46. The molecule has 0 saturated carbocycles. The molecular formula is C19H18F3N3O3. The number of nitriles is 1. The van der Waals surface area contributed by atoms with E-state index in [4.69, 9.17) is 14.7 Å². The lowest BCUT2D eigenvalue weighted by molar-refractivity contribution is -0.137. The lowest BCUT2D eigenvalue weighted by Gasteiger charge is -2.20. The molecule has 0 aliphatic rings. The second-order valence-corrected chi connectivity index (χ2v) is 5.94. The van der Waals surface area contributed by atoms with Gasteiger partial charge in [0.15, 0.2) is 18.1 Å². The summed E-state index contributed by atoms with van der Waals surface area (Å²) in [6.45, 7) is -0.453. The van der Waals surface area contributed by atoms with Crippen molar-refractivity contribution in [3.63, 3.8) is 0 Å². The lowest BCUT2D eigenvalue weighted by atomic mass is 10.1. The van der Waals surface area contributed by atoms with Crippen LogP contribution in [0.5, 0.6) is 11.5 Å².